The maximum Gasteiger partial charge on any atom is 0.269 e. The molecule has 0 radical (unpaired) electrons. The summed E-state index contributed by atoms with van der Waals surface area (Å²) in [6.07, 6.45) is 1.99. The Morgan fingerprint density at radius 1 is 1.11 bits per heavy atom. The van der Waals surface area contributed by atoms with E-state index in [2.05, 4.69) is 23.1 Å². The number of halogens is 1. The van der Waals surface area contributed by atoms with Crippen molar-refractivity contribution in [2.45, 2.75) is 24.8 Å². The lowest BCUT2D eigenvalue weighted by Gasteiger charge is -2.46. The predicted molar refractivity (Wildman–Crippen MR) is 112 cm³/mol. The molecule has 3 rings (SSSR count). The summed E-state index contributed by atoms with van der Waals surface area (Å²) in [5.74, 6) is 0. The van der Waals surface area contributed by atoms with Crippen molar-refractivity contribution in [3.8, 4) is 6.07 Å². The molecular weight excluding hydrogens is 396 g/mol. The lowest BCUT2D eigenvalue weighted by atomic mass is 9.87. The van der Waals surface area contributed by atoms with Gasteiger partial charge in [0, 0.05) is 31.4 Å². The van der Waals surface area contributed by atoms with Gasteiger partial charge in [-0.1, -0.05) is 48.5 Å². The second-order valence-corrected chi connectivity index (χ2v) is 8.15. The van der Waals surface area contributed by atoms with E-state index >= 15 is 0 Å². The molecular formula is C20H23ClN4O2S. The standard InChI is InChI=1S/C20H23ClN4O2S/c21-25(28(26)27)24(19-9-5-2-6-10-19)20(17-22)12-15-23(16-13-20)14-11-18-7-3-1-4-8-18/h1-10H,11-16H2,(H,26,27). The first kappa shape index (κ1) is 20.8. The molecule has 1 fully saturated rings. The number of rotatable bonds is 7. The van der Waals surface area contributed by atoms with Gasteiger partial charge in [-0.3, -0.25) is 9.56 Å². The van der Waals surface area contributed by atoms with Gasteiger partial charge in [-0.2, -0.15) is 5.26 Å². The molecule has 1 heterocycles. The molecule has 1 atom stereocenters. The molecule has 6 nitrogen and oxygen atoms in total. The molecule has 1 N–H and O–H groups in total. The number of likely N-dealkylation sites (tertiary alicyclic amines) is 1. The van der Waals surface area contributed by atoms with Crippen molar-refractivity contribution in [1.82, 2.24) is 8.83 Å². The maximum absolute atomic E-state index is 11.7. The minimum atomic E-state index is -2.45. The third kappa shape index (κ3) is 4.72. The van der Waals surface area contributed by atoms with Crippen LogP contribution in [0.15, 0.2) is 60.7 Å². The van der Waals surface area contributed by atoms with E-state index in [9.17, 15) is 14.0 Å². The molecule has 148 valence electrons. The number of piperidine rings is 1. The van der Waals surface area contributed by atoms with Crippen molar-refractivity contribution < 1.29 is 8.76 Å². The van der Waals surface area contributed by atoms with Gasteiger partial charge in [-0.15, -0.1) is 0 Å². The molecule has 8 heteroatoms. The molecule has 0 saturated carbocycles. The van der Waals surface area contributed by atoms with Gasteiger partial charge in [-0.05, 0) is 40.9 Å². The quantitative estimate of drug-likeness (QED) is 0.422. The zero-order chi connectivity index (χ0) is 20.0. The van der Waals surface area contributed by atoms with Gasteiger partial charge in [0.2, 0.25) is 0 Å². The third-order valence-corrected chi connectivity index (χ3v) is 6.07. The van der Waals surface area contributed by atoms with Crippen molar-refractivity contribution in [1.29, 1.82) is 5.26 Å². The van der Waals surface area contributed by atoms with Gasteiger partial charge in [0.1, 0.15) is 5.54 Å². The minimum Gasteiger partial charge on any atom is -0.303 e. The lowest BCUT2D eigenvalue weighted by Crippen LogP contribution is -2.59. The Morgan fingerprint density at radius 2 is 1.68 bits per heavy atom. The van der Waals surface area contributed by atoms with Crippen LogP contribution in [0.1, 0.15) is 18.4 Å². The zero-order valence-electron chi connectivity index (χ0n) is 15.4. The summed E-state index contributed by atoms with van der Waals surface area (Å²) in [6, 6.07) is 21.7. The number of hydrogen-bond donors (Lipinski definition) is 1. The number of para-hydroxylation sites is 1. The number of hydrazine groups is 1. The second kappa shape index (κ2) is 9.50. The Hall–Kier alpha value is -1.95. The molecule has 1 saturated heterocycles. The monoisotopic (exact) mass is 418 g/mol. The molecule has 1 aliphatic rings. The van der Waals surface area contributed by atoms with E-state index in [4.69, 9.17) is 11.8 Å². The van der Waals surface area contributed by atoms with E-state index < -0.39 is 16.8 Å². The highest BCUT2D eigenvalue weighted by Gasteiger charge is 2.44. The van der Waals surface area contributed by atoms with E-state index in [-0.39, 0.29) is 0 Å². The van der Waals surface area contributed by atoms with E-state index in [0.717, 1.165) is 16.9 Å². The smallest absolute Gasteiger partial charge is 0.269 e. The maximum atomic E-state index is 11.7. The van der Waals surface area contributed by atoms with Crippen LogP contribution < -0.4 is 5.01 Å². The molecule has 2 aromatic rings. The summed E-state index contributed by atoms with van der Waals surface area (Å²) in [5, 5.41) is 11.5. The molecule has 0 spiro atoms. The first-order valence-electron chi connectivity index (χ1n) is 9.15. The number of benzene rings is 2. The van der Waals surface area contributed by atoms with Crippen molar-refractivity contribution in [3.63, 3.8) is 0 Å². The van der Waals surface area contributed by atoms with Crippen molar-refractivity contribution in [2.75, 3.05) is 24.6 Å². The highest BCUT2D eigenvalue weighted by Crippen LogP contribution is 2.35. The highest BCUT2D eigenvalue weighted by atomic mass is 35.5. The van der Waals surface area contributed by atoms with Gasteiger partial charge in [0.25, 0.3) is 11.3 Å². The fourth-order valence-corrected chi connectivity index (χ4v) is 4.20. The Balaban J connectivity index is 1.73. The van der Waals surface area contributed by atoms with Crippen LogP contribution in [-0.2, 0) is 17.7 Å². The number of anilines is 1. The minimum absolute atomic E-state index is 0.521. The fourth-order valence-electron chi connectivity index (χ4n) is 3.58. The van der Waals surface area contributed by atoms with Crippen LogP contribution >= 0.6 is 11.8 Å². The van der Waals surface area contributed by atoms with E-state index in [1.54, 1.807) is 12.1 Å². The first-order valence-corrected chi connectivity index (χ1v) is 10.6. The van der Waals surface area contributed by atoms with Crippen molar-refractivity contribution in [2.24, 2.45) is 0 Å². The summed E-state index contributed by atoms with van der Waals surface area (Å²) in [4.78, 5) is 2.32. The van der Waals surface area contributed by atoms with Crippen molar-refractivity contribution in [3.05, 3.63) is 66.2 Å². The Morgan fingerprint density at radius 3 is 2.21 bits per heavy atom. The van der Waals surface area contributed by atoms with Crippen molar-refractivity contribution >= 4 is 28.7 Å². The topological polar surface area (TPSA) is 70.8 Å². The summed E-state index contributed by atoms with van der Waals surface area (Å²) < 4.78 is 22.0. The summed E-state index contributed by atoms with van der Waals surface area (Å²) in [6.45, 7) is 2.34. The fraction of sp³-hybridized carbons (Fsp3) is 0.350. The summed E-state index contributed by atoms with van der Waals surface area (Å²) in [7, 11) is 0. The Bertz CT molecular complexity index is 823. The molecule has 2 aromatic carbocycles. The highest BCUT2D eigenvalue weighted by molar-refractivity contribution is 7.77. The predicted octanol–water partition coefficient (Wildman–Crippen LogP) is 3.60. The average Bonchev–Trinajstić information content (AvgIpc) is 2.74. The molecule has 0 amide bonds. The van der Waals surface area contributed by atoms with Crippen LogP contribution in [0.3, 0.4) is 0 Å². The molecule has 28 heavy (non-hydrogen) atoms. The lowest BCUT2D eigenvalue weighted by molar-refractivity contribution is 0.172. The third-order valence-electron chi connectivity index (χ3n) is 5.14. The largest absolute Gasteiger partial charge is 0.303 e. The number of nitrogens with zero attached hydrogens (tertiary/aromatic N) is 4. The van der Waals surface area contributed by atoms with Crippen LogP contribution in [0.4, 0.5) is 5.69 Å². The summed E-state index contributed by atoms with van der Waals surface area (Å²) >= 11 is 3.69. The van der Waals surface area contributed by atoms with Crippen LogP contribution in [0.5, 0.6) is 0 Å². The number of nitriles is 1. The molecule has 0 bridgehead atoms. The van der Waals surface area contributed by atoms with Gasteiger partial charge in [0.05, 0.1) is 11.8 Å². The Kier molecular flexibility index (Phi) is 7.05. The van der Waals surface area contributed by atoms with Gasteiger partial charge >= 0.3 is 0 Å². The van der Waals surface area contributed by atoms with Gasteiger partial charge < -0.3 is 4.90 Å². The van der Waals surface area contributed by atoms with Crippen LogP contribution in [-0.4, -0.2) is 42.8 Å². The second-order valence-electron chi connectivity index (χ2n) is 6.82. The van der Waals surface area contributed by atoms with Crippen LogP contribution in [0, 0.1) is 11.3 Å². The van der Waals surface area contributed by atoms with E-state index in [1.807, 2.05) is 36.4 Å². The SMILES string of the molecule is N#CC1(N(c2ccccc2)N(Cl)S(=O)O)CCN(CCc2ccccc2)CC1. The van der Waals surface area contributed by atoms with Crippen LogP contribution in [0.2, 0.25) is 0 Å². The van der Waals surface area contributed by atoms with E-state index in [0.29, 0.717) is 31.6 Å². The Labute approximate surface area is 173 Å². The van der Waals surface area contributed by atoms with Gasteiger partial charge in [0.15, 0.2) is 0 Å². The molecule has 0 aromatic heterocycles. The van der Waals surface area contributed by atoms with Crippen LogP contribution in [0.25, 0.3) is 0 Å². The number of hydrogen-bond acceptors (Lipinski definition) is 4. The average molecular weight is 419 g/mol. The zero-order valence-corrected chi connectivity index (χ0v) is 17.0. The summed E-state index contributed by atoms with van der Waals surface area (Å²) in [5.41, 5.74) is 0.914. The van der Waals surface area contributed by atoms with Gasteiger partial charge in [-0.25, -0.2) is 4.21 Å². The molecule has 1 unspecified atom stereocenters. The van der Waals surface area contributed by atoms with E-state index in [1.165, 1.54) is 10.6 Å². The molecule has 1 aliphatic heterocycles. The first-order chi connectivity index (χ1) is 13.6. The normalized spacial score (nSPS) is 17.8. The molecule has 0 aliphatic carbocycles.